The lowest BCUT2D eigenvalue weighted by atomic mass is 10.1. The van der Waals surface area contributed by atoms with Crippen LogP contribution < -0.4 is 10.1 Å². The number of carbonyl (C=O) groups excluding carboxylic acids is 2. The highest BCUT2D eigenvalue weighted by Gasteiger charge is 2.13. The molecule has 0 aliphatic heterocycles. The fourth-order valence-electron chi connectivity index (χ4n) is 2.41. The number of halogens is 1. The Hall–Kier alpha value is -2.53. The van der Waals surface area contributed by atoms with Crippen molar-refractivity contribution < 1.29 is 19.1 Å². The summed E-state index contributed by atoms with van der Waals surface area (Å²) in [5.41, 5.74) is 2.71. The maximum Gasteiger partial charge on any atom is 0.338 e. The van der Waals surface area contributed by atoms with Gasteiger partial charge >= 0.3 is 5.97 Å². The van der Waals surface area contributed by atoms with Gasteiger partial charge in [-0.2, -0.15) is 0 Å². The Bertz CT molecular complexity index is 777. The zero-order valence-corrected chi connectivity index (χ0v) is 16.0. The van der Waals surface area contributed by atoms with Crippen molar-refractivity contribution >= 4 is 29.2 Å². The van der Waals surface area contributed by atoms with Gasteiger partial charge in [0.15, 0.2) is 6.61 Å². The number of rotatable bonds is 6. The zero-order chi connectivity index (χ0) is 19.3. The molecule has 0 aromatic heterocycles. The highest BCUT2D eigenvalue weighted by Crippen LogP contribution is 2.27. The zero-order valence-electron chi connectivity index (χ0n) is 15.3. The third kappa shape index (κ3) is 5.49. The Labute approximate surface area is 158 Å². The minimum Gasteiger partial charge on any atom is -0.491 e. The minimum absolute atomic E-state index is 0.0496. The van der Waals surface area contributed by atoms with Gasteiger partial charge in [-0.1, -0.05) is 17.7 Å². The third-order valence-corrected chi connectivity index (χ3v) is 3.79. The minimum atomic E-state index is -0.581. The molecule has 2 aromatic carbocycles. The van der Waals surface area contributed by atoms with E-state index in [1.807, 2.05) is 33.8 Å². The van der Waals surface area contributed by atoms with Crippen LogP contribution in [0, 0.1) is 13.8 Å². The molecule has 2 rings (SSSR count). The molecule has 5 nitrogen and oxygen atoms in total. The summed E-state index contributed by atoms with van der Waals surface area (Å²) in [7, 11) is 0. The number of aryl methyl sites for hydroxylation is 2. The standard InChI is InChI=1S/C20H22ClNO4/c1-12(2)26-16-7-5-15(6-8-16)20(24)25-11-18(23)22-19-14(4)9-13(3)10-17(19)21/h5-10,12H,11H2,1-4H3,(H,22,23). The van der Waals surface area contributed by atoms with E-state index in [1.54, 1.807) is 30.3 Å². The van der Waals surface area contributed by atoms with E-state index in [0.717, 1.165) is 11.1 Å². The summed E-state index contributed by atoms with van der Waals surface area (Å²) in [4.78, 5) is 24.1. The van der Waals surface area contributed by atoms with E-state index in [4.69, 9.17) is 21.1 Å². The smallest absolute Gasteiger partial charge is 0.338 e. The molecule has 0 atom stereocenters. The first-order valence-corrected chi connectivity index (χ1v) is 8.64. The first-order chi connectivity index (χ1) is 12.3. The van der Waals surface area contributed by atoms with E-state index in [9.17, 15) is 9.59 Å². The summed E-state index contributed by atoms with van der Waals surface area (Å²) in [5.74, 6) is -0.367. The van der Waals surface area contributed by atoms with Crippen LogP contribution in [0.15, 0.2) is 36.4 Å². The van der Waals surface area contributed by atoms with Gasteiger partial charge in [-0.15, -0.1) is 0 Å². The van der Waals surface area contributed by atoms with E-state index >= 15 is 0 Å². The first-order valence-electron chi connectivity index (χ1n) is 8.26. The van der Waals surface area contributed by atoms with Crippen molar-refractivity contribution in [3.05, 3.63) is 58.1 Å². The lowest BCUT2D eigenvalue weighted by molar-refractivity contribution is -0.119. The Kier molecular flexibility index (Phi) is 6.64. The molecule has 1 N–H and O–H groups in total. The van der Waals surface area contributed by atoms with Crippen molar-refractivity contribution in [2.24, 2.45) is 0 Å². The summed E-state index contributed by atoms with van der Waals surface area (Å²) < 4.78 is 10.6. The van der Waals surface area contributed by atoms with Crippen molar-refractivity contribution in [3.8, 4) is 5.75 Å². The molecule has 0 saturated carbocycles. The number of anilines is 1. The molecule has 0 aliphatic rings. The lowest BCUT2D eigenvalue weighted by Crippen LogP contribution is -2.21. The fourth-order valence-corrected chi connectivity index (χ4v) is 2.77. The number of hydrogen-bond donors (Lipinski definition) is 1. The van der Waals surface area contributed by atoms with Gasteiger partial charge in [-0.25, -0.2) is 4.79 Å². The highest BCUT2D eigenvalue weighted by molar-refractivity contribution is 6.34. The van der Waals surface area contributed by atoms with Gasteiger partial charge in [0, 0.05) is 0 Å². The van der Waals surface area contributed by atoms with Gasteiger partial charge in [-0.05, 0) is 69.2 Å². The van der Waals surface area contributed by atoms with Gasteiger partial charge in [0.1, 0.15) is 5.75 Å². The third-order valence-electron chi connectivity index (χ3n) is 3.49. The molecule has 2 aromatic rings. The summed E-state index contributed by atoms with van der Waals surface area (Å²) in [6, 6.07) is 10.2. The van der Waals surface area contributed by atoms with Gasteiger partial charge in [0.05, 0.1) is 22.4 Å². The van der Waals surface area contributed by atoms with Crippen molar-refractivity contribution in [3.63, 3.8) is 0 Å². The topological polar surface area (TPSA) is 64.6 Å². The molecule has 138 valence electrons. The molecule has 26 heavy (non-hydrogen) atoms. The van der Waals surface area contributed by atoms with Crippen molar-refractivity contribution in [1.82, 2.24) is 0 Å². The number of esters is 1. The quantitative estimate of drug-likeness (QED) is 0.753. The predicted molar refractivity (Wildman–Crippen MR) is 102 cm³/mol. The molecule has 1 amide bonds. The second-order valence-electron chi connectivity index (χ2n) is 6.25. The summed E-state index contributed by atoms with van der Waals surface area (Å²) in [6.45, 7) is 7.21. The molecule has 0 saturated heterocycles. The summed E-state index contributed by atoms with van der Waals surface area (Å²) in [5, 5.41) is 3.12. The van der Waals surface area contributed by atoms with Crippen LogP contribution in [-0.2, 0) is 9.53 Å². The van der Waals surface area contributed by atoms with Crippen LogP contribution in [0.5, 0.6) is 5.75 Å². The van der Waals surface area contributed by atoms with Crippen LogP contribution in [-0.4, -0.2) is 24.6 Å². The maximum absolute atomic E-state index is 12.0. The maximum atomic E-state index is 12.0. The predicted octanol–water partition coefficient (Wildman–Crippen LogP) is 4.54. The van der Waals surface area contributed by atoms with Gasteiger partial charge < -0.3 is 14.8 Å². The first kappa shape index (κ1) is 19.8. The summed E-state index contributed by atoms with van der Waals surface area (Å²) >= 11 is 6.15. The van der Waals surface area contributed by atoms with E-state index in [-0.39, 0.29) is 6.10 Å². The molecule has 0 unspecified atom stereocenters. The molecule has 6 heteroatoms. The second kappa shape index (κ2) is 8.72. The fraction of sp³-hybridized carbons (Fsp3) is 0.300. The van der Waals surface area contributed by atoms with E-state index in [0.29, 0.717) is 22.0 Å². The highest BCUT2D eigenvalue weighted by atomic mass is 35.5. The molecular weight excluding hydrogens is 354 g/mol. The Morgan fingerprint density at radius 2 is 1.77 bits per heavy atom. The molecule has 0 radical (unpaired) electrons. The monoisotopic (exact) mass is 375 g/mol. The molecule has 0 spiro atoms. The Balaban J connectivity index is 1.92. The van der Waals surface area contributed by atoms with Crippen LogP contribution in [0.2, 0.25) is 5.02 Å². The van der Waals surface area contributed by atoms with Crippen molar-refractivity contribution in [1.29, 1.82) is 0 Å². The van der Waals surface area contributed by atoms with Gasteiger partial charge in [0.25, 0.3) is 5.91 Å². The normalized spacial score (nSPS) is 10.5. The van der Waals surface area contributed by atoms with Gasteiger partial charge in [-0.3, -0.25) is 4.79 Å². The van der Waals surface area contributed by atoms with Crippen LogP contribution in [0.25, 0.3) is 0 Å². The number of benzene rings is 2. The Morgan fingerprint density at radius 1 is 1.12 bits per heavy atom. The van der Waals surface area contributed by atoms with Crippen LogP contribution in [0.4, 0.5) is 5.69 Å². The SMILES string of the molecule is Cc1cc(C)c(NC(=O)COC(=O)c2ccc(OC(C)C)cc2)c(Cl)c1. The largest absolute Gasteiger partial charge is 0.491 e. The summed E-state index contributed by atoms with van der Waals surface area (Å²) in [6.07, 6.45) is 0.0496. The number of ether oxygens (including phenoxy) is 2. The van der Waals surface area contributed by atoms with Gasteiger partial charge in [0.2, 0.25) is 0 Å². The number of nitrogens with one attached hydrogen (secondary N) is 1. The van der Waals surface area contributed by atoms with Crippen LogP contribution in [0.1, 0.15) is 35.3 Å². The molecular formula is C20H22ClNO4. The number of hydrogen-bond acceptors (Lipinski definition) is 4. The molecule has 0 fully saturated rings. The Morgan fingerprint density at radius 3 is 2.35 bits per heavy atom. The second-order valence-corrected chi connectivity index (χ2v) is 6.66. The van der Waals surface area contributed by atoms with Crippen molar-refractivity contribution in [2.45, 2.75) is 33.8 Å². The molecule has 0 heterocycles. The number of amides is 1. The van der Waals surface area contributed by atoms with E-state index in [2.05, 4.69) is 5.32 Å². The number of carbonyl (C=O) groups is 2. The lowest BCUT2D eigenvalue weighted by Gasteiger charge is -2.12. The van der Waals surface area contributed by atoms with E-state index in [1.165, 1.54) is 0 Å². The molecule has 0 aliphatic carbocycles. The van der Waals surface area contributed by atoms with Crippen LogP contribution >= 0.6 is 11.6 Å². The van der Waals surface area contributed by atoms with E-state index < -0.39 is 18.5 Å². The average Bonchev–Trinajstić information content (AvgIpc) is 2.56. The van der Waals surface area contributed by atoms with Crippen LogP contribution in [0.3, 0.4) is 0 Å². The molecule has 0 bridgehead atoms. The average molecular weight is 376 g/mol. The van der Waals surface area contributed by atoms with Crippen molar-refractivity contribution in [2.75, 3.05) is 11.9 Å².